The zero-order valence-corrected chi connectivity index (χ0v) is 10.4. The van der Waals surface area contributed by atoms with E-state index in [1.807, 2.05) is 12.1 Å². The first-order chi connectivity index (χ1) is 8.78. The van der Waals surface area contributed by atoms with Gasteiger partial charge in [-0.15, -0.1) is 0 Å². The van der Waals surface area contributed by atoms with Crippen molar-refractivity contribution in [3.8, 4) is 11.8 Å². The standard InChI is InChI=1S/C14H18N2O2/c15-9-12-1-3-13(4-2-12)18-11-14(10-16)5-7-17-8-6-14/h1-4H,5-8,10-11,16H2. The highest BCUT2D eigenvalue weighted by Gasteiger charge is 2.32. The second-order valence-electron chi connectivity index (χ2n) is 4.74. The molecule has 0 spiro atoms. The summed E-state index contributed by atoms with van der Waals surface area (Å²) in [6, 6.07) is 9.25. The normalized spacial score (nSPS) is 18.0. The second kappa shape index (κ2) is 5.85. The zero-order chi connectivity index (χ0) is 12.8. The van der Waals surface area contributed by atoms with E-state index in [-0.39, 0.29) is 5.41 Å². The average molecular weight is 246 g/mol. The molecule has 4 nitrogen and oxygen atoms in total. The third kappa shape index (κ3) is 3.00. The van der Waals surface area contributed by atoms with Crippen LogP contribution < -0.4 is 10.5 Å². The molecule has 0 amide bonds. The fourth-order valence-corrected chi connectivity index (χ4v) is 2.07. The first kappa shape index (κ1) is 12.9. The van der Waals surface area contributed by atoms with Gasteiger partial charge >= 0.3 is 0 Å². The monoisotopic (exact) mass is 246 g/mol. The van der Waals surface area contributed by atoms with E-state index in [9.17, 15) is 0 Å². The Kier molecular flexibility index (Phi) is 4.19. The van der Waals surface area contributed by atoms with Crippen molar-refractivity contribution in [2.24, 2.45) is 11.1 Å². The van der Waals surface area contributed by atoms with Crippen LogP contribution in [0.5, 0.6) is 5.75 Å². The molecule has 96 valence electrons. The smallest absolute Gasteiger partial charge is 0.119 e. The largest absolute Gasteiger partial charge is 0.493 e. The molecule has 2 N–H and O–H groups in total. The van der Waals surface area contributed by atoms with E-state index in [0.717, 1.165) is 31.8 Å². The first-order valence-corrected chi connectivity index (χ1v) is 6.19. The van der Waals surface area contributed by atoms with Crippen LogP contribution in [0.3, 0.4) is 0 Å². The summed E-state index contributed by atoms with van der Waals surface area (Å²) in [6.45, 7) is 2.74. The Morgan fingerprint density at radius 2 is 1.94 bits per heavy atom. The lowest BCUT2D eigenvalue weighted by Crippen LogP contribution is -2.41. The molecule has 1 heterocycles. The van der Waals surface area contributed by atoms with Crippen LogP contribution in [0.4, 0.5) is 0 Å². The molecule has 1 aliphatic heterocycles. The minimum absolute atomic E-state index is 0.0339. The number of nitrogens with zero attached hydrogens (tertiary/aromatic N) is 1. The predicted octanol–water partition coefficient (Wildman–Crippen LogP) is 1.69. The van der Waals surface area contributed by atoms with Gasteiger partial charge in [-0.05, 0) is 37.1 Å². The molecule has 0 atom stereocenters. The van der Waals surface area contributed by atoms with Crippen LogP contribution in [0.2, 0.25) is 0 Å². The molecule has 1 fully saturated rings. The summed E-state index contributed by atoms with van der Waals surface area (Å²) in [4.78, 5) is 0. The number of hydrogen-bond acceptors (Lipinski definition) is 4. The van der Waals surface area contributed by atoms with E-state index < -0.39 is 0 Å². The van der Waals surface area contributed by atoms with Crippen LogP contribution in [0.25, 0.3) is 0 Å². The van der Waals surface area contributed by atoms with Crippen LogP contribution in [-0.2, 0) is 4.74 Å². The summed E-state index contributed by atoms with van der Waals surface area (Å²) >= 11 is 0. The first-order valence-electron chi connectivity index (χ1n) is 6.19. The van der Waals surface area contributed by atoms with Gasteiger partial charge in [-0.3, -0.25) is 0 Å². The van der Waals surface area contributed by atoms with Gasteiger partial charge in [-0.1, -0.05) is 0 Å². The molecule has 0 aromatic heterocycles. The van der Waals surface area contributed by atoms with Crippen molar-refractivity contribution in [2.75, 3.05) is 26.4 Å². The fourth-order valence-electron chi connectivity index (χ4n) is 2.07. The Balaban J connectivity index is 1.94. The van der Waals surface area contributed by atoms with Crippen LogP contribution in [-0.4, -0.2) is 26.4 Å². The van der Waals surface area contributed by atoms with Gasteiger partial charge in [0.1, 0.15) is 5.75 Å². The van der Waals surface area contributed by atoms with Crippen LogP contribution in [0.1, 0.15) is 18.4 Å². The van der Waals surface area contributed by atoms with Crippen molar-refractivity contribution in [3.63, 3.8) is 0 Å². The van der Waals surface area contributed by atoms with Gasteiger partial charge in [0.2, 0.25) is 0 Å². The lowest BCUT2D eigenvalue weighted by atomic mass is 9.81. The molecular weight excluding hydrogens is 228 g/mol. The quantitative estimate of drug-likeness (QED) is 0.877. The molecule has 1 aromatic rings. The molecule has 0 aliphatic carbocycles. The van der Waals surface area contributed by atoms with Crippen LogP contribution in [0, 0.1) is 16.7 Å². The Hall–Kier alpha value is -1.57. The van der Waals surface area contributed by atoms with Crippen LogP contribution >= 0.6 is 0 Å². The van der Waals surface area contributed by atoms with Crippen molar-refractivity contribution in [2.45, 2.75) is 12.8 Å². The van der Waals surface area contributed by atoms with E-state index in [4.69, 9.17) is 20.5 Å². The Morgan fingerprint density at radius 3 is 2.50 bits per heavy atom. The highest BCUT2D eigenvalue weighted by atomic mass is 16.5. The Bertz CT molecular complexity index is 416. The third-order valence-corrected chi connectivity index (χ3v) is 3.51. The lowest BCUT2D eigenvalue weighted by molar-refractivity contribution is -0.00499. The van der Waals surface area contributed by atoms with E-state index >= 15 is 0 Å². The number of nitriles is 1. The highest BCUT2D eigenvalue weighted by molar-refractivity contribution is 5.34. The molecule has 4 heteroatoms. The highest BCUT2D eigenvalue weighted by Crippen LogP contribution is 2.30. The minimum Gasteiger partial charge on any atom is -0.493 e. The van der Waals surface area contributed by atoms with Gasteiger partial charge in [0.15, 0.2) is 0 Å². The number of benzene rings is 1. The summed E-state index contributed by atoms with van der Waals surface area (Å²) in [5, 5.41) is 8.72. The van der Waals surface area contributed by atoms with E-state index in [2.05, 4.69) is 6.07 Å². The molecule has 1 aromatic carbocycles. The fraction of sp³-hybridized carbons (Fsp3) is 0.500. The maximum Gasteiger partial charge on any atom is 0.119 e. The van der Waals surface area contributed by atoms with Gasteiger partial charge < -0.3 is 15.2 Å². The summed E-state index contributed by atoms with van der Waals surface area (Å²) in [5.41, 5.74) is 6.54. The molecule has 1 aliphatic rings. The third-order valence-electron chi connectivity index (χ3n) is 3.51. The van der Waals surface area contributed by atoms with Gasteiger partial charge in [-0.2, -0.15) is 5.26 Å². The summed E-state index contributed by atoms with van der Waals surface area (Å²) in [6.07, 6.45) is 1.89. The molecule has 0 saturated carbocycles. The molecule has 18 heavy (non-hydrogen) atoms. The second-order valence-corrected chi connectivity index (χ2v) is 4.74. The summed E-state index contributed by atoms with van der Waals surface area (Å²) < 4.78 is 11.2. The maximum atomic E-state index is 8.72. The number of nitrogens with two attached hydrogens (primary N) is 1. The minimum atomic E-state index is 0.0339. The van der Waals surface area contributed by atoms with Crippen molar-refractivity contribution in [3.05, 3.63) is 29.8 Å². The van der Waals surface area contributed by atoms with Crippen molar-refractivity contribution >= 4 is 0 Å². The summed E-state index contributed by atoms with van der Waals surface area (Å²) in [7, 11) is 0. The molecule has 0 unspecified atom stereocenters. The molecule has 0 radical (unpaired) electrons. The molecule has 0 bridgehead atoms. The number of hydrogen-bond donors (Lipinski definition) is 1. The van der Waals surface area contributed by atoms with E-state index in [1.165, 1.54) is 0 Å². The molecule has 1 saturated heterocycles. The van der Waals surface area contributed by atoms with E-state index in [0.29, 0.717) is 18.7 Å². The predicted molar refractivity (Wildman–Crippen MR) is 68.2 cm³/mol. The van der Waals surface area contributed by atoms with Crippen molar-refractivity contribution in [1.82, 2.24) is 0 Å². The summed E-state index contributed by atoms with van der Waals surface area (Å²) in [5.74, 6) is 0.785. The van der Waals surface area contributed by atoms with Crippen molar-refractivity contribution < 1.29 is 9.47 Å². The van der Waals surface area contributed by atoms with Gasteiger partial charge in [0.25, 0.3) is 0 Å². The van der Waals surface area contributed by atoms with Gasteiger partial charge in [-0.25, -0.2) is 0 Å². The van der Waals surface area contributed by atoms with Gasteiger partial charge in [0, 0.05) is 25.2 Å². The number of ether oxygens (including phenoxy) is 2. The Labute approximate surface area is 107 Å². The number of rotatable bonds is 4. The van der Waals surface area contributed by atoms with Crippen molar-refractivity contribution in [1.29, 1.82) is 5.26 Å². The average Bonchev–Trinajstić information content (AvgIpc) is 2.47. The van der Waals surface area contributed by atoms with Crippen LogP contribution in [0.15, 0.2) is 24.3 Å². The Morgan fingerprint density at radius 1 is 1.28 bits per heavy atom. The molecule has 2 rings (SSSR count). The SMILES string of the molecule is N#Cc1ccc(OCC2(CN)CCOCC2)cc1. The molecular formula is C14H18N2O2. The maximum absolute atomic E-state index is 8.72. The topological polar surface area (TPSA) is 68.3 Å². The van der Waals surface area contributed by atoms with E-state index in [1.54, 1.807) is 12.1 Å². The lowest BCUT2D eigenvalue weighted by Gasteiger charge is -2.35. The zero-order valence-electron chi connectivity index (χ0n) is 10.4. The van der Waals surface area contributed by atoms with Gasteiger partial charge in [0.05, 0.1) is 18.2 Å².